The smallest absolute Gasteiger partial charge is 0.321 e. The second kappa shape index (κ2) is 8.13. The van der Waals surface area contributed by atoms with Gasteiger partial charge in [0.1, 0.15) is 0 Å². The molecule has 26 heavy (non-hydrogen) atoms. The minimum Gasteiger partial charge on any atom is -0.490 e. The summed E-state index contributed by atoms with van der Waals surface area (Å²) >= 11 is 0. The topological polar surface area (TPSA) is 97.0 Å². The number of likely N-dealkylation sites (tertiary alicyclic amines) is 1. The Labute approximate surface area is 153 Å². The number of hydrogen-bond acceptors (Lipinski definition) is 5. The molecule has 8 nitrogen and oxygen atoms in total. The van der Waals surface area contributed by atoms with Crippen molar-refractivity contribution in [1.82, 2.24) is 9.62 Å². The SMILES string of the molecule is CS(=O)(=O)NC[C@@H]1CCCN(C(=O)Nc2ccc3c(c2)OCCCO3)C1. The first-order chi connectivity index (χ1) is 12.4. The summed E-state index contributed by atoms with van der Waals surface area (Å²) in [5.74, 6) is 1.44. The van der Waals surface area contributed by atoms with Crippen LogP contribution in [0.3, 0.4) is 0 Å². The van der Waals surface area contributed by atoms with Crippen LogP contribution in [0.2, 0.25) is 0 Å². The van der Waals surface area contributed by atoms with Crippen molar-refractivity contribution in [2.24, 2.45) is 5.92 Å². The Kier molecular flexibility index (Phi) is 5.87. The van der Waals surface area contributed by atoms with Crippen molar-refractivity contribution < 1.29 is 22.7 Å². The maximum Gasteiger partial charge on any atom is 0.321 e. The molecule has 0 spiro atoms. The minimum absolute atomic E-state index is 0.119. The van der Waals surface area contributed by atoms with Gasteiger partial charge in [-0.2, -0.15) is 0 Å². The van der Waals surface area contributed by atoms with E-state index in [1.54, 1.807) is 23.1 Å². The summed E-state index contributed by atoms with van der Waals surface area (Å²) in [4.78, 5) is 14.3. The van der Waals surface area contributed by atoms with E-state index in [4.69, 9.17) is 9.47 Å². The molecule has 0 bridgehead atoms. The molecule has 2 heterocycles. The third-order valence-corrected chi connectivity index (χ3v) is 5.13. The van der Waals surface area contributed by atoms with Crippen molar-refractivity contribution in [2.75, 3.05) is 44.4 Å². The molecule has 0 aromatic heterocycles. The Bertz CT molecular complexity index is 753. The summed E-state index contributed by atoms with van der Waals surface area (Å²) in [6.45, 7) is 2.75. The third-order valence-electron chi connectivity index (χ3n) is 4.44. The van der Waals surface area contributed by atoms with Crippen LogP contribution in [-0.2, 0) is 10.0 Å². The second-order valence-electron chi connectivity index (χ2n) is 6.72. The van der Waals surface area contributed by atoms with E-state index in [1.165, 1.54) is 0 Å². The summed E-state index contributed by atoms with van der Waals surface area (Å²) in [5.41, 5.74) is 0.649. The zero-order valence-corrected chi connectivity index (χ0v) is 15.7. The van der Waals surface area contributed by atoms with Crippen LogP contribution in [0.4, 0.5) is 10.5 Å². The number of piperidine rings is 1. The Morgan fingerprint density at radius 3 is 2.77 bits per heavy atom. The highest BCUT2D eigenvalue weighted by molar-refractivity contribution is 7.88. The minimum atomic E-state index is -3.22. The summed E-state index contributed by atoms with van der Waals surface area (Å²) in [5, 5.41) is 2.89. The Hall–Kier alpha value is -2.00. The van der Waals surface area contributed by atoms with E-state index < -0.39 is 10.0 Å². The number of fused-ring (bicyclic) bond motifs is 1. The summed E-state index contributed by atoms with van der Waals surface area (Å²) in [7, 11) is -3.22. The zero-order valence-electron chi connectivity index (χ0n) is 14.9. The molecule has 0 unspecified atom stereocenters. The molecule has 0 aliphatic carbocycles. The van der Waals surface area contributed by atoms with E-state index in [2.05, 4.69) is 10.0 Å². The van der Waals surface area contributed by atoms with Crippen LogP contribution >= 0.6 is 0 Å². The van der Waals surface area contributed by atoms with Gasteiger partial charge in [-0.05, 0) is 30.9 Å². The number of anilines is 1. The molecule has 2 aliphatic heterocycles. The zero-order chi connectivity index (χ0) is 18.6. The summed E-state index contributed by atoms with van der Waals surface area (Å²) in [6, 6.07) is 5.16. The molecule has 1 fully saturated rings. The fraction of sp³-hybridized carbons (Fsp3) is 0.588. The van der Waals surface area contributed by atoms with Gasteiger partial charge in [-0.15, -0.1) is 0 Å². The Morgan fingerprint density at radius 2 is 2.00 bits per heavy atom. The average molecular weight is 383 g/mol. The molecule has 3 rings (SSSR count). The first-order valence-electron chi connectivity index (χ1n) is 8.81. The number of sulfonamides is 1. The molecule has 2 aliphatic rings. The number of nitrogens with one attached hydrogen (secondary N) is 2. The van der Waals surface area contributed by atoms with E-state index in [0.717, 1.165) is 25.5 Å². The average Bonchev–Trinajstić information content (AvgIpc) is 2.84. The lowest BCUT2D eigenvalue weighted by molar-refractivity contribution is 0.178. The number of rotatable bonds is 4. The Balaban J connectivity index is 1.58. The van der Waals surface area contributed by atoms with Crippen molar-refractivity contribution in [3.05, 3.63) is 18.2 Å². The van der Waals surface area contributed by atoms with E-state index >= 15 is 0 Å². The molecule has 0 saturated carbocycles. The standard InChI is InChI=1S/C17H25N3O5S/c1-26(22,23)18-11-13-4-2-7-20(12-13)17(21)19-14-5-6-15-16(10-14)25-9-3-8-24-15/h5-6,10,13,18H,2-4,7-9,11-12H2,1H3,(H,19,21)/t13-/m0/s1. The van der Waals surface area contributed by atoms with Gasteiger partial charge in [0.05, 0.1) is 19.5 Å². The van der Waals surface area contributed by atoms with E-state index in [1.807, 2.05) is 0 Å². The third kappa shape index (κ3) is 5.25. The molecule has 144 valence electrons. The van der Waals surface area contributed by atoms with Gasteiger partial charge in [-0.3, -0.25) is 0 Å². The number of ether oxygens (including phenoxy) is 2. The molecule has 9 heteroatoms. The first kappa shape index (κ1) is 18.8. The number of amides is 2. The molecule has 1 atom stereocenters. The number of carbonyl (C=O) groups is 1. The number of carbonyl (C=O) groups excluding carboxylic acids is 1. The number of nitrogens with zero attached hydrogens (tertiary/aromatic N) is 1. The van der Waals surface area contributed by atoms with Crippen molar-refractivity contribution in [3.8, 4) is 11.5 Å². The van der Waals surface area contributed by atoms with Crippen LogP contribution in [0.1, 0.15) is 19.3 Å². The van der Waals surface area contributed by atoms with Gasteiger partial charge < -0.3 is 19.7 Å². The van der Waals surface area contributed by atoms with Crippen LogP contribution in [-0.4, -0.2) is 58.5 Å². The van der Waals surface area contributed by atoms with Crippen LogP contribution < -0.4 is 19.5 Å². The van der Waals surface area contributed by atoms with Crippen LogP contribution in [0.25, 0.3) is 0 Å². The molecule has 0 radical (unpaired) electrons. The number of hydrogen-bond donors (Lipinski definition) is 2. The number of benzene rings is 1. The fourth-order valence-corrected chi connectivity index (χ4v) is 3.67. The van der Waals surface area contributed by atoms with Crippen molar-refractivity contribution in [1.29, 1.82) is 0 Å². The van der Waals surface area contributed by atoms with E-state index in [-0.39, 0.29) is 11.9 Å². The maximum atomic E-state index is 12.6. The molecular formula is C17H25N3O5S. The van der Waals surface area contributed by atoms with Gasteiger partial charge in [0.2, 0.25) is 10.0 Å². The van der Waals surface area contributed by atoms with Gasteiger partial charge in [0.25, 0.3) is 0 Å². The van der Waals surface area contributed by atoms with Crippen molar-refractivity contribution >= 4 is 21.7 Å². The normalized spacial score (nSPS) is 20.3. The first-order valence-corrected chi connectivity index (χ1v) is 10.7. The number of urea groups is 1. The fourth-order valence-electron chi connectivity index (χ4n) is 3.13. The highest BCUT2D eigenvalue weighted by atomic mass is 32.2. The highest BCUT2D eigenvalue weighted by Gasteiger charge is 2.24. The molecule has 2 amide bonds. The summed E-state index contributed by atoms with van der Waals surface area (Å²) < 4.78 is 36.2. The van der Waals surface area contributed by atoms with E-state index in [9.17, 15) is 13.2 Å². The van der Waals surface area contributed by atoms with Gasteiger partial charge >= 0.3 is 6.03 Å². The molecule has 1 aromatic carbocycles. The lowest BCUT2D eigenvalue weighted by Crippen LogP contribution is -2.45. The van der Waals surface area contributed by atoms with Crippen LogP contribution in [0.5, 0.6) is 11.5 Å². The molecule has 1 aromatic rings. The van der Waals surface area contributed by atoms with Gasteiger partial charge in [-0.25, -0.2) is 17.9 Å². The monoisotopic (exact) mass is 383 g/mol. The van der Waals surface area contributed by atoms with Crippen molar-refractivity contribution in [2.45, 2.75) is 19.3 Å². The predicted molar refractivity (Wildman–Crippen MR) is 98.2 cm³/mol. The van der Waals surface area contributed by atoms with Crippen LogP contribution in [0, 0.1) is 5.92 Å². The van der Waals surface area contributed by atoms with Gasteiger partial charge in [0, 0.05) is 37.8 Å². The lowest BCUT2D eigenvalue weighted by atomic mass is 9.99. The largest absolute Gasteiger partial charge is 0.490 e. The Morgan fingerprint density at radius 1 is 1.23 bits per heavy atom. The second-order valence-corrected chi connectivity index (χ2v) is 8.55. The van der Waals surface area contributed by atoms with Crippen molar-refractivity contribution in [3.63, 3.8) is 0 Å². The predicted octanol–water partition coefficient (Wildman–Crippen LogP) is 1.64. The van der Waals surface area contributed by atoms with Gasteiger partial charge in [0.15, 0.2) is 11.5 Å². The molecule has 1 saturated heterocycles. The summed E-state index contributed by atoms with van der Waals surface area (Å²) in [6.07, 6.45) is 3.72. The van der Waals surface area contributed by atoms with Crippen LogP contribution in [0.15, 0.2) is 18.2 Å². The quantitative estimate of drug-likeness (QED) is 0.824. The lowest BCUT2D eigenvalue weighted by Gasteiger charge is -2.32. The maximum absolute atomic E-state index is 12.6. The van der Waals surface area contributed by atoms with Gasteiger partial charge in [-0.1, -0.05) is 0 Å². The molecular weight excluding hydrogens is 358 g/mol. The molecule has 2 N–H and O–H groups in total. The highest BCUT2D eigenvalue weighted by Crippen LogP contribution is 2.32. The van der Waals surface area contributed by atoms with E-state index in [0.29, 0.717) is 50.0 Å².